The van der Waals surface area contributed by atoms with Crippen molar-refractivity contribution in [1.29, 1.82) is 0 Å². The lowest BCUT2D eigenvalue weighted by molar-refractivity contribution is -0.174. The molecule has 1 fully saturated rings. The van der Waals surface area contributed by atoms with Crippen molar-refractivity contribution in [3.63, 3.8) is 0 Å². The van der Waals surface area contributed by atoms with E-state index in [1.54, 1.807) is 24.0 Å². The quantitative estimate of drug-likeness (QED) is 0.593. The molecule has 1 atom stereocenters. The summed E-state index contributed by atoms with van der Waals surface area (Å²) < 4.78 is 40.7. The molecule has 1 unspecified atom stereocenters. The van der Waals surface area contributed by atoms with Gasteiger partial charge in [0.05, 0.1) is 15.6 Å². The first-order chi connectivity index (χ1) is 14.1. The number of piperazine rings is 1. The van der Waals surface area contributed by atoms with Gasteiger partial charge in [0.25, 0.3) is 5.91 Å². The van der Waals surface area contributed by atoms with Gasteiger partial charge in [0.15, 0.2) is 0 Å². The molecule has 2 amide bonds. The highest BCUT2D eigenvalue weighted by Crippen LogP contribution is 2.25. The Morgan fingerprint density at radius 1 is 1.20 bits per heavy atom. The van der Waals surface area contributed by atoms with Gasteiger partial charge in [-0.05, 0) is 25.5 Å². The van der Waals surface area contributed by atoms with Crippen LogP contribution < -0.4 is 5.32 Å². The minimum absolute atomic E-state index is 0.0355. The summed E-state index contributed by atoms with van der Waals surface area (Å²) in [6.07, 6.45) is -3.83. The number of rotatable bonds is 8. The summed E-state index contributed by atoms with van der Waals surface area (Å²) in [5, 5.41) is 3.02. The van der Waals surface area contributed by atoms with Crippen LogP contribution in [-0.4, -0.2) is 79.8 Å². The first-order valence-corrected chi connectivity index (χ1v) is 10.2. The van der Waals surface area contributed by atoms with Crippen LogP contribution in [0, 0.1) is 0 Å². The van der Waals surface area contributed by atoms with E-state index in [9.17, 15) is 22.8 Å². The third kappa shape index (κ3) is 7.61. The average molecular weight is 470 g/mol. The fourth-order valence-electron chi connectivity index (χ4n) is 3.06. The average Bonchev–Trinajstić information content (AvgIpc) is 2.68. The molecule has 0 bridgehead atoms. The predicted molar refractivity (Wildman–Crippen MR) is 108 cm³/mol. The summed E-state index contributed by atoms with van der Waals surface area (Å²) >= 11 is 12.0. The minimum Gasteiger partial charge on any atom is -0.372 e. The molecule has 1 N–H and O–H groups in total. The van der Waals surface area contributed by atoms with Crippen molar-refractivity contribution in [2.45, 2.75) is 25.6 Å². The Labute approximate surface area is 183 Å². The number of nitrogens with one attached hydrogen (secondary N) is 1. The van der Waals surface area contributed by atoms with Crippen LogP contribution in [0.2, 0.25) is 10.0 Å². The van der Waals surface area contributed by atoms with E-state index in [0.717, 1.165) is 0 Å². The molecule has 0 saturated carbocycles. The molecule has 1 aliphatic rings. The van der Waals surface area contributed by atoms with E-state index in [1.165, 1.54) is 6.07 Å². The van der Waals surface area contributed by atoms with Crippen molar-refractivity contribution in [3.8, 4) is 0 Å². The van der Waals surface area contributed by atoms with Crippen molar-refractivity contribution in [1.82, 2.24) is 15.1 Å². The van der Waals surface area contributed by atoms with E-state index in [0.29, 0.717) is 39.1 Å². The Morgan fingerprint density at radius 2 is 1.87 bits per heavy atom. The highest BCUT2D eigenvalue weighted by atomic mass is 35.5. The van der Waals surface area contributed by atoms with Crippen LogP contribution in [0.25, 0.3) is 0 Å². The van der Waals surface area contributed by atoms with E-state index in [1.807, 2.05) is 0 Å². The van der Waals surface area contributed by atoms with Crippen molar-refractivity contribution in [3.05, 3.63) is 33.8 Å². The molecular formula is C19H24Cl2F3N3O3. The van der Waals surface area contributed by atoms with Crippen molar-refractivity contribution in [2.24, 2.45) is 0 Å². The number of benzene rings is 1. The standard InChI is InChI=1S/C19H24Cl2F3N3O3/c1-13(25-17(28)14-4-2-5-15(20)16(14)21)18(29)27-9-7-26(8-10-27)6-3-11-30-12-19(22,23)24/h2,4-5,13H,3,6-12H2,1H3,(H,25,28). The summed E-state index contributed by atoms with van der Waals surface area (Å²) in [4.78, 5) is 28.7. The van der Waals surface area contributed by atoms with Gasteiger partial charge in [-0.2, -0.15) is 13.2 Å². The predicted octanol–water partition coefficient (Wildman–Crippen LogP) is 3.22. The molecule has 1 aromatic rings. The summed E-state index contributed by atoms with van der Waals surface area (Å²) in [6, 6.07) is 3.95. The molecule has 6 nitrogen and oxygen atoms in total. The SMILES string of the molecule is CC(NC(=O)c1cccc(Cl)c1Cl)C(=O)N1CCN(CCCOCC(F)(F)F)CC1. The van der Waals surface area contributed by atoms with Gasteiger partial charge in [-0.15, -0.1) is 0 Å². The zero-order valence-electron chi connectivity index (χ0n) is 16.5. The van der Waals surface area contributed by atoms with Gasteiger partial charge in [-0.1, -0.05) is 29.3 Å². The van der Waals surface area contributed by atoms with Crippen LogP contribution in [0.4, 0.5) is 13.2 Å². The van der Waals surface area contributed by atoms with Gasteiger partial charge in [0, 0.05) is 39.3 Å². The van der Waals surface area contributed by atoms with Crippen LogP contribution in [0.1, 0.15) is 23.7 Å². The summed E-state index contributed by atoms with van der Waals surface area (Å²) in [7, 11) is 0. The second-order valence-corrected chi connectivity index (χ2v) is 7.77. The third-order valence-corrected chi connectivity index (χ3v) is 5.45. The zero-order chi connectivity index (χ0) is 22.3. The topological polar surface area (TPSA) is 61.9 Å². The number of carbonyl (C=O) groups is 2. The number of ether oxygens (including phenoxy) is 1. The number of alkyl halides is 3. The second-order valence-electron chi connectivity index (χ2n) is 6.98. The Kier molecular flexibility index (Phi) is 9.21. The second kappa shape index (κ2) is 11.2. The molecular weight excluding hydrogens is 446 g/mol. The Bertz CT molecular complexity index is 741. The highest BCUT2D eigenvalue weighted by molar-refractivity contribution is 6.43. The van der Waals surface area contributed by atoms with Gasteiger partial charge in [-0.25, -0.2) is 0 Å². The molecule has 1 saturated heterocycles. The van der Waals surface area contributed by atoms with Gasteiger partial charge < -0.3 is 15.0 Å². The van der Waals surface area contributed by atoms with E-state index in [4.69, 9.17) is 23.2 Å². The van der Waals surface area contributed by atoms with Crippen LogP contribution in [-0.2, 0) is 9.53 Å². The van der Waals surface area contributed by atoms with Crippen LogP contribution in [0.15, 0.2) is 18.2 Å². The molecule has 30 heavy (non-hydrogen) atoms. The summed E-state index contributed by atoms with van der Waals surface area (Å²) in [5.41, 5.74) is 0.196. The van der Waals surface area contributed by atoms with E-state index in [2.05, 4.69) is 15.0 Å². The van der Waals surface area contributed by atoms with E-state index < -0.39 is 24.7 Å². The molecule has 0 aromatic heterocycles. The van der Waals surface area contributed by atoms with Crippen molar-refractivity contribution >= 4 is 35.0 Å². The zero-order valence-corrected chi connectivity index (χ0v) is 18.0. The van der Waals surface area contributed by atoms with Crippen LogP contribution >= 0.6 is 23.2 Å². The number of hydrogen-bond acceptors (Lipinski definition) is 4. The third-order valence-electron chi connectivity index (χ3n) is 4.63. The molecule has 0 aliphatic carbocycles. The normalized spacial score (nSPS) is 16.4. The Morgan fingerprint density at radius 3 is 2.50 bits per heavy atom. The van der Waals surface area contributed by atoms with Gasteiger partial charge >= 0.3 is 6.18 Å². The smallest absolute Gasteiger partial charge is 0.372 e. The maximum Gasteiger partial charge on any atom is 0.411 e. The lowest BCUT2D eigenvalue weighted by Crippen LogP contribution is -2.54. The van der Waals surface area contributed by atoms with E-state index >= 15 is 0 Å². The number of amides is 2. The first-order valence-electron chi connectivity index (χ1n) is 9.49. The van der Waals surface area contributed by atoms with Crippen molar-refractivity contribution in [2.75, 3.05) is 45.9 Å². The molecule has 1 heterocycles. The number of halogens is 5. The molecule has 2 rings (SSSR count). The van der Waals surface area contributed by atoms with Crippen molar-refractivity contribution < 1.29 is 27.5 Å². The molecule has 11 heteroatoms. The molecule has 1 aliphatic heterocycles. The number of hydrogen-bond donors (Lipinski definition) is 1. The lowest BCUT2D eigenvalue weighted by atomic mass is 10.2. The molecule has 0 spiro atoms. The molecule has 1 aromatic carbocycles. The Hall–Kier alpha value is -1.55. The summed E-state index contributed by atoms with van der Waals surface area (Å²) in [5.74, 6) is -0.699. The largest absolute Gasteiger partial charge is 0.411 e. The van der Waals surface area contributed by atoms with Gasteiger partial charge in [0.1, 0.15) is 12.6 Å². The van der Waals surface area contributed by atoms with Gasteiger partial charge in [-0.3, -0.25) is 14.5 Å². The maximum atomic E-state index is 12.6. The number of carbonyl (C=O) groups excluding carboxylic acids is 2. The molecule has 168 valence electrons. The van der Waals surface area contributed by atoms with Gasteiger partial charge in [0.2, 0.25) is 5.91 Å². The summed E-state index contributed by atoms with van der Waals surface area (Å²) in [6.45, 7) is 3.15. The lowest BCUT2D eigenvalue weighted by Gasteiger charge is -2.36. The number of nitrogens with zero attached hydrogens (tertiary/aromatic N) is 2. The fourth-order valence-corrected chi connectivity index (χ4v) is 3.45. The highest BCUT2D eigenvalue weighted by Gasteiger charge is 2.28. The first kappa shape index (κ1) is 24.7. The fraction of sp³-hybridized carbons (Fsp3) is 0.579. The van der Waals surface area contributed by atoms with Crippen LogP contribution in [0.5, 0.6) is 0 Å². The molecule has 0 radical (unpaired) electrons. The minimum atomic E-state index is -4.31. The maximum absolute atomic E-state index is 12.6. The monoisotopic (exact) mass is 469 g/mol. The van der Waals surface area contributed by atoms with Crippen LogP contribution in [0.3, 0.4) is 0 Å². The Balaban J connectivity index is 1.73. The van der Waals surface area contributed by atoms with E-state index in [-0.39, 0.29) is 28.1 Å².